The molecule has 0 bridgehead atoms. The molecular weight excluding hydrogens is 236 g/mol. The number of hydrogen-bond acceptors (Lipinski definition) is 1. The van der Waals surface area contributed by atoms with E-state index in [2.05, 4.69) is 35.6 Å². The Morgan fingerprint density at radius 2 is 1.75 bits per heavy atom. The third-order valence-electron chi connectivity index (χ3n) is 1.97. The Morgan fingerprint density at radius 3 is 2.17 bits per heavy atom. The first kappa shape index (κ1) is 10.9. The highest BCUT2D eigenvalue weighted by Crippen LogP contribution is 2.60. The minimum absolute atomic E-state index is 0.0242. The summed E-state index contributed by atoms with van der Waals surface area (Å²) < 4.78 is 5.81. The summed E-state index contributed by atoms with van der Waals surface area (Å²) in [7, 11) is -0.547. The van der Waals surface area contributed by atoms with E-state index in [9.17, 15) is 0 Å². The van der Waals surface area contributed by atoms with Gasteiger partial charge in [0.05, 0.1) is 11.5 Å². The molecule has 1 heterocycles. The van der Waals surface area contributed by atoms with E-state index < -0.39 is 8.46 Å². The van der Waals surface area contributed by atoms with E-state index in [1.807, 2.05) is 0 Å². The summed E-state index contributed by atoms with van der Waals surface area (Å²) >= 11 is 3.86. The topological polar surface area (TPSA) is 9.23 Å². The summed E-state index contributed by atoms with van der Waals surface area (Å²) in [5.41, 5.74) is 0.0242. The largest absolute Gasteiger partial charge is 0.366 e. The fourth-order valence-electron chi connectivity index (χ4n) is 1.22. The molecule has 0 atom stereocenters. The van der Waals surface area contributed by atoms with Gasteiger partial charge in [-0.05, 0) is 59.9 Å². The van der Waals surface area contributed by atoms with Crippen molar-refractivity contribution in [2.75, 3.05) is 17.4 Å². The number of ether oxygens (including phenoxy) is 1. The maximum Gasteiger partial charge on any atom is 0.0862 e. The molecule has 1 fully saturated rings. The Hall–Kier alpha value is 0.790. The lowest BCUT2D eigenvalue weighted by molar-refractivity contribution is 0.0279. The van der Waals surface area contributed by atoms with Crippen LogP contribution in [0.5, 0.6) is 0 Å². The second kappa shape index (κ2) is 3.89. The molecule has 0 aromatic heterocycles. The van der Waals surface area contributed by atoms with Crippen LogP contribution in [0, 0.1) is 0 Å². The Kier molecular flexibility index (Phi) is 3.52. The smallest absolute Gasteiger partial charge is 0.0862 e. The number of hydrogen-bond donors (Lipinski definition) is 0. The molecule has 1 nitrogen and oxygen atoms in total. The highest BCUT2D eigenvalue weighted by molar-refractivity contribution is 9.58. The highest BCUT2D eigenvalue weighted by Gasteiger charge is 2.27. The Morgan fingerprint density at radius 1 is 1.25 bits per heavy atom. The van der Waals surface area contributed by atoms with E-state index in [-0.39, 0.29) is 5.60 Å². The lowest BCUT2D eigenvalue weighted by Gasteiger charge is -2.31. The summed E-state index contributed by atoms with van der Waals surface area (Å²) in [5, 5.41) is 0. The van der Waals surface area contributed by atoms with Gasteiger partial charge >= 0.3 is 0 Å². The molecule has 0 aliphatic carbocycles. The molecule has 0 saturated carbocycles. The predicted molar refractivity (Wildman–Crippen MR) is 61.2 cm³/mol. The molecule has 0 aromatic rings. The van der Waals surface area contributed by atoms with Crippen LogP contribution in [-0.4, -0.2) is 23.0 Å². The first-order valence-corrected chi connectivity index (χ1v) is 8.50. The summed E-state index contributed by atoms with van der Waals surface area (Å²) in [4.78, 5) is 0. The summed E-state index contributed by atoms with van der Waals surface area (Å²) in [5.74, 6) is 3.64. The van der Waals surface area contributed by atoms with Crippen molar-refractivity contribution in [2.45, 2.75) is 39.2 Å². The predicted octanol–water partition coefficient (Wildman–Crippen LogP) is 3.67. The molecule has 0 N–H and O–H groups in total. The van der Waals surface area contributed by atoms with E-state index in [1.54, 1.807) is 0 Å². The average molecular weight is 255 g/mol. The maximum atomic E-state index is 5.81. The van der Waals surface area contributed by atoms with Gasteiger partial charge in [0.25, 0.3) is 0 Å². The van der Waals surface area contributed by atoms with Crippen LogP contribution >= 0.6 is 23.3 Å². The van der Waals surface area contributed by atoms with Crippen LogP contribution in [0.3, 0.4) is 0 Å². The van der Waals surface area contributed by atoms with Crippen LogP contribution in [-0.2, 0) is 4.74 Å². The standard InChI is InChI=1S/C9H19BrOS/c1-9(2,3)11-8-12(10)6-4-5-7-12/h4-8H2,1-3H3. The van der Waals surface area contributed by atoms with Gasteiger partial charge in [-0.2, -0.15) is 8.46 Å². The first-order valence-electron chi connectivity index (χ1n) is 4.51. The molecule has 0 amide bonds. The molecule has 3 heteroatoms. The zero-order chi connectivity index (χ0) is 9.24. The number of rotatable bonds is 2. The minimum atomic E-state index is -0.547. The summed E-state index contributed by atoms with van der Waals surface area (Å²) in [6, 6.07) is 0. The molecule has 0 spiro atoms. The average Bonchev–Trinajstić information content (AvgIpc) is 2.32. The van der Waals surface area contributed by atoms with Gasteiger partial charge in [-0.15, -0.1) is 0 Å². The molecule has 1 aliphatic heterocycles. The molecular formula is C9H19BrOS. The van der Waals surface area contributed by atoms with Crippen LogP contribution < -0.4 is 0 Å². The van der Waals surface area contributed by atoms with Crippen molar-refractivity contribution in [1.29, 1.82) is 0 Å². The minimum Gasteiger partial charge on any atom is -0.366 e. The fraction of sp³-hybridized carbons (Fsp3) is 1.00. The van der Waals surface area contributed by atoms with Crippen LogP contribution in [0.25, 0.3) is 0 Å². The van der Waals surface area contributed by atoms with E-state index >= 15 is 0 Å². The first-order chi connectivity index (χ1) is 5.41. The Labute approximate surface area is 84.8 Å². The van der Waals surface area contributed by atoms with Crippen LogP contribution in [0.15, 0.2) is 0 Å². The molecule has 0 unspecified atom stereocenters. The van der Waals surface area contributed by atoms with Crippen molar-refractivity contribution in [1.82, 2.24) is 0 Å². The maximum absolute atomic E-state index is 5.81. The van der Waals surface area contributed by atoms with E-state index in [4.69, 9.17) is 4.74 Å². The van der Waals surface area contributed by atoms with Crippen molar-refractivity contribution in [3.63, 3.8) is 0 Å². The zero-order valence-corrected chi connectivity index (χ0v) is 10.6. The van der Waals surface area contributed by atoms with Gasteiger partial charge in [0, 0.05) is 0 Å². The van der Waals surface area contributed by atoms with Crippen molar-refractivity contribution in [3.05, 3.63) is 0 Å². The Bertz CT molecular complexity index is 147. The van der Waals surface area contributed by atoms with Gasteiger partial charge in [0.2, 0.25) is 0 Å². The normalized spacial score (nSPS) is 25.7. The molecule has 0 aromatic carbocycles. The SMILES string of the molecule is CC(C)(C)OCS1(Br)CCCC1. The highest BCUT2D eigenvalue weighted by atomic mass is 79.9. The second-order valence-corrected chi connectivity index (χ2v) is 11.5. The van der Waals surface area contributed by atoms with Gasteiger partial charge in [-0.3, -0.25) is 0 Å². The molecule has 1 rings (SSSR count). The third kappa shape index (κ3) is 3.67. The lowest BCUT2D eigenvalue weighted by Crippen LogP contribution is -2.21. The van der Waals surface area contributed by atoms with Gasteiger partial charge in [0.1, 0.15) is 0 Å². The quantitative estimate of drug-likeness (QED) is 0.731. The number of halogens is 1. The molecule has 1 saturated heterocycles. The molecule has 74 valence electrons. The van der Waals surface area contributed by atoms with Gasteiger partial charge in [-0.25, -0.2) is 0 Å². The summed E-state index contributed by atoms with van der Waals surface area (Å²) in [6.45, 7) is 6.37. The lowest BCUT2D eigenvalue weighted by atomic mass is 10.2. The van der Waals surface area contributed by atoms with Crippen LogP contribution in [0.1, 0.15) is 33.6 Å². The van der Waals surface area contributed by atoms with Crippen molar-refractivity contribution in [2.24, 2.45) is 0 Å². The van der Waals surface area contributed by atoms with Gasteiger partial charge in [-0.1, -0.05) is 0 Å². The van der Waals surface area contributed by atoms with Crippen molar-refractivity contribution in [3.8, 4) is 0 Å². The Balaban J connectivity index is 2.30. The third-order valence-corrected chi connectivity index (χ3v) is 7.06. The van der Waals surface area contributed by atoms with Crippen LogP contribution in [0.2, 0.25) is 0 Å². The fourth-order valence-corrected chi connectivity index (χ4v) is 5.33. The van der Waals surface area contributed by atoms with E-state index in [0.717, 1.165) is 5.94 Å². The monoisotopic (exact) mass is 254 g/mol. The van der Waals surface area contributed by atoms with E-state index in [0.29, 0.717) is 0 Å². The summed E-state index contributed by atoms with van der Waals surface area (Å²) in [6.07, 6.45) is 2.77. The van der Waals surface area contributed by atoms with E-state index in [1.165, 1.54) is 24.3 Å². The van der Waals surface area contributed by atoms with Gasteiger partial charge < -0.3 is 4.74 Å². The molecule has 12 heavy (non-hydrogen) atoms. The van der Waals surface area contributed by atoms with Gasteiger partial charge in [0.15, 0.2) is 0 Å². The zero-order valence-electron chi connectivity index (χ0n) is 8.23. The molecule has 1 aliphatic rings. The van der Waals surface area contributed by atoms with Crippen LogP contribution in [0.4, 0.5) is 0 Å². The molecule has 0 radical (unpaired) electrons. The van der Waals surface area contributed by atoms with Crippen molar-refractivity contribution < 1.29 is 4.74 Å². The second-order valence-electron chi connectivity index (χ2n) is 4.43. The van der Waals surface area contributed by atoms with Crippen molar-refractivity contribution >= 4 is 23.3 Å².